The number of hydrogen-bond donors (Lipinski definition) is 0. The van der Waals surface area contributed by atoms with E-state index in [2.05, 4.69) is 4.74 Å². The van der Waals surface area contributed by atoms with E-state index >= 15 is 0 Å². The van der Waals surface area contributed by atoms with Crippen LogP contribution in [-0.2, 0) is 0 Å². The Labute approximate surface area is 127 Å². The van der Waals surface area contributed by atoms with Crippen molar-refractivity contribution in [3.8, 4) is 11.5 Å². The molecule has 0 aliphatic rings. The summed E-state index contributed by atoms with van der Waals surface area (Å²) in [6.45, 7) is 0. The van der Waals surface area contributed by atoms with Gasteiger partial charge in [-0.25, -0.2) is 22.0 Å². The molecule has 0 saturated heterocycles. The minimum absolute atomic E-state index is 0.384. The summed E-state index contributed by atoms with van der Waals surface area (Å²) in [6.07, 6.45) is 0. The van der Waals surface area contributed by atoms with Crippen molar-refractivity contribution < 1.29 is 35.8 Å². The summed E-state index contributed by atoms with van der Waals surface area (Å²) in [7, 11) is 2.45. The Balaban J connectivity index is 2.64. The van der Waals surface area contributed by atoms with E-state index in [1.54, 1.807) is 0 Å². The molecule has 2 aromatic carbocycles. The van der Waals surface area contributed by atoms with Gasteiger partial charge in [0.2, 0.25) is 13.1 Å². The molecule has 0 unspecified atom stereocenters. The Bertz CT molecular complexity index is 766. The highest BCUT2D eigenvalue weighted by atomic mass is 19.2. The van der Waals surface area contributed by atoms with Gasteiger partial charge in [0, 0.05) is 12.1 Å². The van der Waals surface area contributed by atoms with Crippen molar-refractivity contribution >= 4 is 18.2 Å². The molecule has 0 amide bonds. The fourth-order valence-corrected chi connectivity index (χ4v) is 1.95. The van der Waals surface area contributed by atoms with Gasteiger partial charge in [0.15, 0.2) is 23.2 Å². The lowest BCUT2D eigenvalue weighted by atomic mass is 9.62. The molecular formula is C14H8BF6O2. The predicted molar refractivity (Wildman–Crippen MR) is 70.8 cm³/mol. The normalized spacial score (nSPS) is 10.6. The monoisotopic (exact) mass is 333 g/mol. The molecule has 121 valence electrons. The van der Waals surface area contributed by atoms with Crippen molar-refractivity contribution in [2.75, 3.05) is 14.2 Å². The van der Waals surface area contributed by atoms with Gasteiger partial charge in [-0.3, -0.25) is 0 Å². The zero-order chi connectivity index (χ0) is 17.3. The molecule has 2 nitrogen and oxygen atoms in total. The van der Waals surface area contributed by atoms with E-state index in [-0.39, 0.29) is 5.75 Å². The van der Waals surface area contributed by atoms with Crippen LogP contribution in [0.1, 0.15) is 0 Å². The average molecular weight is 333 g/mol. The zero-order valence-electron chi connectivity index (χ0n) is 11.8. The van der Waals surface area contributed by atoms with Crippen LogP contribution in [0.4, 0.5) is 26.3 Å². The molecule has 0 saturated carbocycles. The molecule has 0 bridgehead atoms. The van der Waals surface area contributed by atoms with Crippen LogP contribution in [0.5, 0.6) is 11.5 Å². The van der Waals surface area contributed by atoms with Crippen molar-refractivity contribution in [1.82, 2.24) is 0 Å². The summed E-state index contributed by atoms with van der Waals surface area (Å²) in [5.74, 6) is -11.0. The van der Waals surface area contributed by atoms with Crippen LogP contribution < -0.4 is 20.4 Å². The summed E-state index contributed by atoms with van der Waals surface area (Å²) < 4.78 is 90.7. The van der Waals surface area contributed by atoms with Gasteiger partial charge in [-0.2, -0.15) is 4.39 Å². The van der Waals surface area contributed by atoms with Gasteiger partial charge in [-0.15, -0.1) is 0 Å². The van der Waals surface area contributed by atoms with Crippen LogP contribution >= 0.6 is 0 Å². The van der Waals surface area contributed by atoms with Gasteiger partial charge in [0.25, 0.3) is 0 Å². The fraction of sp³-hybridized carbons (Fsp3) is 0.143. The lowest BCUT2D eigenvalue weighted by Crippen LogP contribution is -2.36. The highest BCUT2D eigenvalue weighted by Gasteiger charge is 2.28. The first-order valence-electron chi connectivity index (χ1n) is 6.09. The summed E-state index contributed by atoms with van der Waals surface area (Å²) in [5.41, 5.74) is -1.63. The number of ether oxygens (including phenoxy) is 2. The molecule has 2 rings (SSSR count). The van der Waals surface area contributed by atoms with Gasteiger partial charge in [0.05, 0.1) is 14.2 Å². The predicted octanol–water partition coefficient (Wildman–Crippen LogP) is 2.19. The second-order valence-electron chi connectivity index (χ2n) is 4.35. The Kier molecular flexibility index (Phi) is 4.77. The standard InChI is InChI=1S/C14H8BF6O2/c1-22-7-4-5(16)3-6(17)8(7)15-9-10(18)12(20)13(21)14(23-2)11(9)19/h3-4H,1-2H3. The van der Waals surface area contributed by atoms with Crippen LogP contribution in [0.15, 0.2) is 12.1 Å². The Morgan fingerprint density at radius 1 is 0.739 bits per heavy atom. The maximum absolute atomic E-state index is 14.1. The van der Waals surface area contributed by atoms with Crippen molar-refractivity contribution in [2.24, 2.45) is 0 Å². The van der Waals surface area contributed by atoms with Gasteiger partial charge in [-0.05, 0) is 10.9 Å². The SMILES string of the molecule is COc1cc(F)cc(F)c1[B]c1c(F)c(F)c(F)c(OC)c1F. The molecule has 0 aliphatic carbocycles. The van der Waals surface area contributed by atoms with E-state index in [9.17, 15) is 26.3 Å². The molecule has 0 fully saturated rings. The van der Waals surface area contributed by atoms with E-state index in [1.807, 2.05) is 0 Å². The van der Waals surface area contributed by atoms with Crippen LogP contribution in [0, 0.1) is 34.9 Å². The van der Waals surface area contributed by atoms with Gasteiger partial charge >= 0.3 is 0 Å². The first-order valence-corrected chi connectivity index (χ1v) is 6.09. The number of hydrogen-bond acceptors (Lipinski definition) is 2. The van der Waals surface area contributed by atoms with Crippen molar-refractivity contribution in [2.45, 2.75) is 0 Å². The third kappa shape index (κ3) is 2.95. The van der Waals surface area contributed by atoms with Crippen molar-refractivity contribution in [1.29, 1.82) is 0 Å². The van der Waals surface area contributed by atoms with E-state index in [0.29, 0.717) is 13.3 Å². The Morgan fingerprint density at radius 2 is 1.39 bits per heavy atom. The lowest BCUT2D eigenvalue weighted by molar-refractivity contribution is 0.338. The first kappa shape index (κ1) is 17.0. The van der Waals surface area contributed by atoms with E-state index < -0.39 is 51.6 Å². The Hall–Kier alpha value is -2.32. The van der Waals surface area contributed by atoms with Crippen LogP contribution in [0.3, 0.4) is 0 Å². The molecule has 1 radical (unpaired) electrons. The fourth-order valence-electron chi connectivity index (χ4n) is 1.95. The van der Waals surface area contributed by atoms with Crippen LogP contribution in [0.25, 0.3) is 0 Å². The minimum Gasteiger partial charge on any atom is -0.497 e. The average Bonchev–Trinajstić information content (AvgIpc) is 2.51. The highest BCUT2D eigenvalue weighted by molar-refractivity contribution is 6.68. The maximum atomic E-state index is 14.1. The van der Waals surface area contributed by atoms with Gasteiger partial charge in [0.1, 0.15) is 17.4 Å². The number of rotatable bonds is 4. The molecular weight excluding hydrogens is 325 g/mol. The zero-order valence-corrected chi connectivity index (χ0v) is 11.8. The van der Waals surface area contributed by atoms with Crippen molar-refractivity contribution in [3.63, 3.8) is 0 Å². The number of benzene rings is 2. The molecule has 0 aliphatic heterocycles. The lowest BCUT2D eigenvalue weighted by Gasteiger charge is -2.13. The van der Waals surface area contributed by atoms with E-state index in [0.717, 1.165) is 20.3 Å². The summed E-state index contributed by atoms with van der Waals surface area (Å²) in [5, 5.41) is 0. The smallest absolute Gasteiger partial charge is 0.208 e. The van der Waals surface area contributed by atoms with E-state index in [4.69, 9.17) is 4.74 Å². The number of halogens is 6. The second kappa shape index (κ2) is 6.43. The molecule has 0 atom stereocenters. The summed E-state index contributed by atoms with van der Waals surface area (Å²) >= 11 is 0. The molecule has 0 spiro atoms. The maximum Gasteiger partial charge on any atom is 0.208 e. The minimum atomic E-state index is -1.99. The number of methoxy groups -OCH3 is 2. The third-order valence-electron chi connectivity index (χ3n) is 3.03. The van der Waals surface area contributed by atoms with Crippen LogP contribution in [-0.4, -0.2) is 21.5 Å². The Morgan fingerprint density at radius 3 is 1.96 bits per heavy atom. The molecule has 0 aromatic heterocycles. The molecule has 2 aromatic rings. The summed E-state index contributed by atoms with van der Waals surface area (Å²) in [6, 6.07) is 1.21. The third-order valence-corrected chi connectivity index (χ3v) is 3.03. The molecule has 0 N–H and O–H groups in total. The van der Waals surface area contributed by atoms with Gasteiger partial charge in [-0.1, -0.05) is 0 Å². The largest absolute Gasteiger partial charge is 0.497 e. The van der Waals surface area contributed by atoms with Crippen LogP contribution in [0.2, 0.25) is 0 Å². The molecule has 0 heterocycles. The van der Waals surface area contributed by atoms with E-state index in [1.165, 1.54) is 0 Å². The molecule has 9 heteroatoms. The first-order chi connectivity index (χ1) is 10.8. The van der Waals surface area contributed by atoms with Gasteiger partial charge < -0.3 is 9.47 Å². The summed E-state index contributed by atoms with van der Waals surface area (Å²) in [4.78, 5) is 0. The molecule has 23 heavy (non-hydrogen) atoms. The highest BCUT2D eigenvalue weighted by Crippen LogP contribution is 2.24. The van der Waals surface area contributed by atoms with Crippen molar-refractivity contribution in [3.05, 3.63) is 47.0 Å². The second-order valence-corrected chi connectivity index (χ2v) is 4.35. The quantitative estimate of drug-likeness (QED) is 0.370. The topological polar surface area (TPSA) is 18.5 Å².